The Hall–Kier alpha value is -2.44. The Labute approximate surface area is 135 Å². The normalized spacial score (nSPS) is 11.0. The molecule has 0 saturated heterocycles. The van der Waals surface area contributed by atoms with E-state index in [2.05, 4.69) is 20.7 Å². The third-order valence-electron chi connectivity index (χ3n) is 2.87. The van der Waals surface area contributed by atoms with E-state index in [1.54, 1.807) is 29.5 Å². The molecule has 110 valence electrons. The van der Waals surface area contributed by atoms with Crippen molar-refractivity contribution in [2.75, 3.05) is 0 Å². The number of aromatic nitrogens is 2. The van der Waals surface area contributed by atoms with Crippen LogP contribution in [0.3, 0.4) is 0 Å². The second-order valence-electron chi connectivity index (χ2n) is 4.36. The number of halogens is 1. The number of nitrogens with one attached hydrogen (secondary N) is 2. The van der Waals surface area contributed by atoms with Crippen LogP contribution in [0, 0.1) is 0 Å². The molecule has 0 atom stereocenters. The van der Waals surface area contributed by atoms with Gasteiger partial charge >= 0.3 is 0 Å². The number of rotatable bonds is 4. The SMILES string of the molecule is O=C(NN=Cc1ccccc1Cl)c1cc(-c2cccs2)[nH]n1. The van der Waals surface area contributed by atoms with Gasteiger partial charge < -0.3 is 0 Å². The van der Waals surface area contributed by atoms with E-state index in [9.17, 15) is 4.79 Å². The lowest BCUT2D eigenvalue weighted by Crippen LogP contribution is -2.18. The first kappa shape index (κ1) is 14.5. The Morgan fingerprint density at radius 2 is 2.18 bits per heavy atom. The molecular formula is C15H11ClN4OS. The zero-order chi connectivity index (χ0) is 15.4. The topological polar surface area (TPSA) is 70.1 Å². The van der Waals surface area contributed by atoms with Gasteiger partial charge in [-0.2, -0.15) is 10.2 Å². The van der Waals surface area contributed by atoms with Crippen LogP contribution in [0.2, 0.25) is 5.02 Å². The maximum absolute atomic E-state index is 12.0. The number of carbonyl (C=O) groups excluding carboxylic acids is 1. The van der Waals surface area contributed by atoms with Crippen LogP contribution in [0.5, 0.6) is 0 Å². The van der Waals surface area contributed by atoms with E-state index in [4.69, 9.17) is 11.6 Å². The lowest BCUT2D eigenvalue weighted by molar-refractivity contribution is 0.0950. The fourth-order valence-electron chi connectivity index (χ4n) is 1.79. The van der Waals surface area contributed by atoms with E-state index >= 15 is 0 Å². The van der Waals surface area contributed by atoms with Gasteiger partial charge in [-0.25, -0.2) is 5.43 Å². The Bertz CT molecular complexity index is 811. The van der Waals surface area contributed by atoms with Crippen molar-refractivity contribution in [2.45, 2.75) is 0 Å². The molecular weight excluding hydrogens is 320 g/mol. The Balaban J connectivity index is 1.67. The Kier molecular flexibility index (Phi) is 4.32. The standard InChI is InChI=1S/C15H11ClN4OS/c16-11-5-2-1-4-10(11)9-17-20-15(21)13-8-12(18-19-13)14-6-3-7-22-14/h1-9H,(H,18,19)(H,20,21). The number of hydrogen-bond donors (Lipinski definition) is 2. The summed E-state index contributed by atoms with van der Waals surface area (Å²) in [6.07, 6.45) is 1.49. The number of thiophene rings is 1. The molecule has 0 radical (unpaired) electrons. The number of carbonyl (C=O) groups is 1. The smallest absolute Gasteiger partial charge is 0.276 e. The lowest BCUT2D eigenvalue weighted by atomic mass is 10.2. The number of hydrazone groups is 1. The second kappa shape index (κ2) is 6.55. The molecule has 1 amide bonds. The molecule has 0 saturated carbocycles. The molecule has 0 bridgehead atoms. The van der Waals surface area contributed by atoms with Gasteiger partial charge in [-0.05, 0) is 23.6 Å². The highest BCUT2D eigenvalue weighted by molar-refractivity contribution is 7.13. The summed E-state index contributed by atoms with van der Waals surface area (Å²) in [4.78, 5) is 13.0. The zero-order valence-electron chi connectivity index (χ0n) is 11.3. The quantitative estimate of drug-likeness (QED) is 0.567. The molecule has 2 N–H and O–H groups in total. The predicted molar refractivity (Wildman–Crippen MR) is 88.4 cm³/mol. The van der Waals surface area contributed by atoms with E-state index in [0.29, 0.717) is 5.02 Å². The molecule has 22 heavy (non-hydrogen) atoms. The van der Waals surface area contributed by atoms with Crippen molar-refractivity contribution in [3.8, 4) is 10.6 Å². The summed E-state index contributed by atoms with van der Waals surface area (Å²) in [6.45, 7) is 0. The molecule has 5 nitrogen and oxygen atoms in total. The minimum absolute atomic E-state index is 0.278. The molecule has 0 aliphatic heterocycles. The van der Waals surface area contributed by atoms with Crippen LogP contribution < -0.4 is 5.43 Å². The molecule has 0 aliphatic rings. The molecule has 2 aromatic heterocycles. The van der Waals surface area contributed by atoms with E-state index in [-0.39, 0.29) is 11.6 Å². The highest BCUT2D eigenvalue weighted by atomic mass is 35.5. The molecule has 0 spiro atoms. The molecule has 0 unspecified atom stereocenters. The summed E-state index contributed by atoms with van der Waals surface area (Å²) < 4.78 is 0. The summed E-state index contributed by atoms with van der Waals surface area (Å²) in [5.74, 6) is -0.387. The maximum atomic E-state index is 12.0. The van der Waals surface area contributed by atoms with Crippen LogP contribution in [0.4, 0.5) is 0 Å². The second-order valence-corrected chi connectivity index (χ2v) is 5.72. The number of benzene rings is 1. The number of hydrogen-bond acceptors (Lipinski definition) is 4. The van der Waals surface area contributed by atoms with Gasteiger partial charge in [0.15, 0.2) is 5.69 Å². The minimum atomic E-state index is -0.387. The van der Waals surface area contributed by atoms with Crippen LogP contribution in [0.15, 0.2) is 52.9 Å². The highest BCUT2D eigenvalue weighted by Gasteiger charge is 2.11. The summed E-state index contributed by atoms with van der Waals surface area (Å²) in [5, 5.41) is 13.2. The van der Waals surface area contributed by atoms with E-state index in [1.807, 2.05) is 29.6 Å². The van der Waals surface area contributed by atoms with Crippen molar-refractivity contribution in [3.05, 3.63) is 64.1 Å². The van der Waals surface area contributed by atoms with Crippen molar-refractivity contribution >= 4 is 35.1 Å². The molecule has 3 aromatic rings. The number of aromatic amines is 1. The van der Waals surface area contributed by atoms with Crippen molar-refractivity contribution < 1.29 is 4.79 Å². The number of nitrogens with zero attached hydrogens (tertiary/aromatic N) is 2. The van der Waals surface area contributed by atoms with Crippen LogP contribution in [0.1, 0.15) is 16.1 Å². The van der Waals surface area contributed by atoms with Crippen LogP contribution >= 0.6 is 22.9 Å². The van der Waals surface area contributed by atoms with E-state index < -0.39 is 0 Å². The average Bonchev–Trinajstić information content (AvgIpc) is 3.20. The van der Waals surface area contributed by atoms with Crippen molar-refractivity contribution in [3.63, 3.8) is 0 Å². The van der Waals surface area contributed by atoms with Gasteiger partial charge in [0.25, 0.3) is 5.91 Å². The fraction of sp³-hybridized carbons (Fsp3) is 0. The molecule has 3 rings (SSSR count). The first-order valence-corrected chi connectivity index (χ1v) is 7.67. The van der Waals surface area contributed by atoms with E-state index in [1.165, 1.54) is 6.21 Å². The van der Waals surface area contributed by atoms with Crippen molar-refractivity contribution in [1.82, 2.24) is 15.6 Å². The molecule has 0 aliphatic carbocycles. The van der Waals surface area contributed by atoms with Crippen LogP contribution in [0.25, 0.3) is 10.6 Å². The minimum Gasteiger partial charge on any atom is -0.276 e. The Morgan fingerprint density at radius 3 is 2.95 bits per heavy atom. The zero-order valence-corrected chi connectivity index (χ0v) is 12.9. The lowest BCUT2D eigenvalue weighted by Gasteiger charge is -1.97. The fourth-order valence-corrected chi connectivity index (χ4v) is 2.67. The van der Waals surface area contributed by atoms with Gasteiger partial charge in [-0.15, -0.1) is 11.3 Å². The van der Waals surface area contributed by atoms with Crippen LogP contribution in [-0.2, 0) is 0 Å². The van der Waals surface area contributed by atoms with Gasteiger partial charge in [-0.1, -0.05) is 35.9 Å². The number of H-pyrrole nitrogens is 1. The summed E-state index contributed by atoms with van der Waals surface area (Å²) in [5.41, 5.74) is 4.23. The first-order valence-electron chi connectivity index (χ1n) is 6.41. The predicted octanol–water partition coefficient (Wildman–Crippen LogP) is 3.56. The van der Waals surface area contributed by atoms with Crippen molar-refractivity contribution in [2.24, 2.45) is 5.10 Å². The monoisotopic (exact) mass is 330 g/mol. The number of amides is 1. The van der Waals surface area contributed by atoms with Crippen molar-refractivity contribution in [1.29, 1.82) is 0 Å². The Morgan fingerprint density at radius 1 is 1.32 bits per heavy atom. The molecule has 7 heteroatoms. The largest absolute Gasteiger partial charge is 0.291 e. The third kappa shape index (κ3) is 3.24. The molecule has 1 aromatic carbocycles. The summed E-state index contributed by atoms with van der Waals surface area (Å²) in [7, 11) is 0. The van der Waals surface area contributed by atoms with Crippen LogP contribution in [-0.4, -0.2) is 22.3 Å². The highest BCUT2D eigenvalue weighted by Crippen LogP contribution is 2.22. The van der Waals surface area contributed by atoms with Gasteiger partial charge in [0.1, 0.15) is 0 Å². The molecule has 0 fully saturated rings. The van der Waals surface area contributed by atoms with E-state index in [0.717, 1.165) is 16.1 Å². The maximum Gasteiger partial charge on any atom is 0.291 e. The average molecular weight is 331 g/mol. The van der Waals surface area contributed by atoms with Gasteiger partial charge in [-0.3, -0.25) is 9.89 Å². The van der Waals surface area contributed by atoms with Gasteiger partial charge in [0.05, 0.1) is 16.8 Å². The summed E-state index contributed by atoms with van der Waals surface area (Å²) in [6, 6.07) is 12.8. The summed E-state index contributed by atoms with van der Waals surface area (Å²) >= 11 is 7.57. The van der Waals surface area contributed by atoms with Gasteiger partial charge in [0.2, 0.25) is 0 Å². The molecule has 2 heterocycles. The van der Waals surface area contributed by atoms with Gasteiger partial charge in [0, 0.05) is 10.6 Å². The third-order valence-corrected chi connectivity index (χ3v) is 4.12. The first-order chi connectivity index (χ1) is 10.7.